The van der Waals surface area contributed by atoms with Crippen molar-refractivity contribution in [3.8, 4) is 11.5 Å². The van der Waals surface area contributed by atoms with Crippen molar-refractivity contribution in [1.82, 2.24) is 14.9 Å². The molecule has 23 heavy (non-hydrogen) atoms. The van der Waals surface area contributed by atoms with Crippen LogP contribution in [0.15, 0.2) is 16.9 Å². The molecule has 0 unspecified atom stereocenters. The Kier molecular flexibility index (Phi) is 4.52. The van der Waals surface area contributed by atoms with Crippen LogP contribution in [0, 0.1) is 5.92 Å². The van der Waals surface area contributed by atoms with Gasteiger partial charge in [-0.15, -0.1) is 0 Å². The van der Waals surface area contributed by atoms with E-state index in [0.717, 1.165) is 19.0 Å². The fourth-order valence-corrected chi connectivity index (χ4v) is 3.02. The molecule has 1 saturated heterocycles. The summed E-state index contributed by atoms with van der Waals surface area (Å²) in [5, 5.41) is 0.513. The van der Waals surface area contributed by atoms with Crippen molar-refractivity contribution in [3.63, 3.8) is 0 Å². The largest absolute Gasteiger partial charge is 0.493 e. The number of hydrogen-bond acceptors (Lipinski definition) is 5. The molecular weight excluding hydrogens is 294 g/mol. The number of hydrogen-bond donors (Lipinski definition) is 1. The molecular formula is C17H23N3O3. The zero-order chi connectivity index (χ0) is 16.4. The van der Waals surface area contributed by atoms with Crippen molar-refractivity contribution in [2.45, 2.75) is 26.3 Å². The average Bonchev–Trinajstić information content (AvgIpc) is 2.56. The van der Waals surface area contributed by atoms with Gasteiger partial charge in [-0.2, -0.15) is 0 Å². The van der Waals surface area contributed by atoms with E-state index in [9.17, 15) is 4.79 Å². The number of nitrogens with zero attached hydrogens (tertiary/aromatic N) is 2. The van der Waals surface area contributed by atoms with Gasteiger partial charge in [0.2, 0.25) is 0 Å². The molecule has 6 heteroatoms. The van der Waals surface area contributed by atoms with Crippen LogP contribution in [-0.4, -0.2) is 42.2 Å². The van der Waals surface area contributed by atoms with E-state index in [1.807, 2.05) is 0 Å². The van der Waals surface area contributed by atoms with Gasteiger partial charge in [-0.1, -0.05) is 6.92 Å². The number of fused-ring (bicyclic) bond motifs is 1. The van der Waals surface area contributed by atoms with Crippen molar-refractivity contribution in [3.05, 3.63) is 28.3 Å². The van der Waals surface area contributed by atoms with Gasteiger partial charge in [0.1, 0.15) is 5.82 Å². The van der Waals surface area contributed by atoms with Gasteiger partial charge in [0, 0.05) is 6.07 Å². The van der Waals surface area contributed by atoms with Crippen LogP contribution in [0.2, 0.25) is 0 Å². The van der Waals surface area contributed by atoms with Gasteiger partial charge in [0.05, 0.1) is 31.7 Å². The molecule has 0 amide bonds. The number of aromatic amines is 1. The van der Waals surface area contributed by atoms with E-state index >= 15 is 0 Å². The van der Waals surface area contributed by atoms with Crippen molar-refractivity contribution in [2.75, 3.05) is 27.3 Å². The number of aromatic nitrogens is 2. The maximum atomic E-state index is 12.4. The van der Waals surface area contributed by atoms with Crippen LogP contribution < -0.4 is 15.0 Å². The maximum absolute atomic E-state index is 12.4. The van der Waals surface area contributed by atoms with Gasteiger partial charge in [-0.25, -0.2) is 4.98 Å². The summed E-state index contributed by atoms with van der Waals surface area (Å²) in [4.78, 5) is 22.2. The van der Waals surface area contributed by atoms with Gasteiger partial charge in [0.15, 0.2) is 11.5 Å². The first-order chi connectivity index (χ1) is 11.1. The molecule has 1 aliphatic heterocycles. The summed E-state index contributed by atoms with van der Waals surface area (Å²) in [6, 6.07) is 3.43. The van der Waals surface area contributed by atoms with Crippen LogP contribution >= 0.6 is 0 Å². The molecule has 0 spiro atoms. The molecule has 1 aromatic carbocycles. The van der Waals surface area contributed by atoms with Gasteiger partial charge in [-0.05, 0) is 37.9 Å². The Morgan fingerprint density at radius 3 is 2.52 bits per heavy atom. The lowest BCUT2D eigenvalue weighted by Gasteiger charge is -2.29. The topological polar surface area (TPSA) is 67.5 Å². The predicted octanol–water partition coefficient (Wildman–Crippen LogP) is 2.17. The summed E-state index contributed by atoms with van der Waals surface area (Å²) in [6.07, 6.45) is 2.39. The maximum Gasteiger partial charge on any atom is 0.258 e. The standard InChI is InChI=1S/C17H23N3O3/c1-11-4-6-20(7-5-11)10-16-18-13-9-15(23-3)14(22-2)8-12(13)17(21)19-16/h8-9,11H,4-7,10H2,1-3H3,(H,18,19,21). The number of piperidine rings is 1. The van der Waals surface area contributed by atoms with E-state index < -0.39 is 0 Å². The highest BCUT2D eigenvalue weighted by Gasteiger charge is 2.17. The van der Waals surface area contributed by atoms with Crippen molar-refractivity contribution < 1.29 is 9.47 Å². The molecule has 0 radical (unpaired) electrons. The normalized spacial score (nSPS) is 16.7. The Balaban J connectivity index is 1.92. The van der Waals surface area contributed by atoms with Crippen LogP contribution in [0.3, 0.4) is 0 Å². The molecule has 0 bridgehead atoms. The summed E-state index contributed by atoms with van der Waals surface area (Å²) < 4.78 is 10.5. The van der Waals surface area contributed by atoms with Crippen molar-refractivity contribution in [2.24, 2.45) is 5.92 Å². The second-order valence-electron chi connectivity index (χ2n) is 6.20. The summed E-state index contributed by atoms with van der Waals surface area (Å²) in [7, 11) is 3.13. The molecule has 2 aromatic rings. The van der Waals surface area contributed by atoms with Crippen LogP contribution in [-0.2, 0) is 6.54 Å². The summed E-state index contributed by atoms with van der Waals surface area (Å²) in [5.41, 5.74) is 0.489. The van der Waals surface area contributed by atoms with Gasteiger partial charge >= 0.3 is 0 Å². The summed E-state index contributed by atoms with van der Waals surface area (Å²) >= 11 is 0. The van der Waals surface area contributed by atoms with Crippen LogP contribution in [0.25, 0.3) is 10.9 Å². The fourth-order valence-electron chi connectivity index (χ4n) is 3.02. The molecule has 0 saturated carbocycles. The number of ether oxygens (including phenoxy) is 2. The molecule has 6 nitrogen and oxygen atoms in total. The molecule has 1 fully saturated rings. The lowest BCUT2D eigenvalue weighted by Crippen LogP contribution is -2.33. The Labute approximate surface area is 135 Å². The second-order valence-corrected chi connectivity index (χ2v) is 6.20. The molecule has 3 rings (SSSR count). The van der Waals surface area contributed by atoms with Crippen molar-refractivity contribution >= 4 is 10.9 Å². The Bertz CT molecular complexity index is 749. The molecule has 124 valence electrons. The number of nitrogens with one attached hydrogen (secondary N) is 1. The van der Waals surface area contributed by atoms with E-state index in [2.05, 4.69) is 21.8 Å². The third-order valence-corrected chi connectivity index (χ3v) is 4.51. The zero-order valence-corrected chi connectivity index (χ0v) is 13.9. The second kappa shape index (κ2) is 6.58. The molecule has 0 atom stereocenters. The number of H-pyrrole nitrogens is 1. The van der Waals surface area contributed by atoms with Crippen molar-refractivity contribution in [1.29, 1.82) is 0 Å². The first-order valence-electron chi connectivity index (χ1n) is 7.98. The van der Waals surface area contributed by atoms with E-state index in [1.165, 1.54) is 12.8 Å². The highest BCUT2D eigenvalue weighted by molar-refractivity contribution is 5.81. The molecule has 1 aliphatic rings. The third-order valence-electron chi connectivity index (χ3n) is 4.51. The van der Waals surface area contributed by atoms with E-state index in [0.29, 0.717) is 34.8 Å². The first-order valence-corrected chi connectivity index (χ1v) is 7.98. The highest BCUT2D eigenvalue weighted by Crippen LogP contribution is 2.30. The van der Waals surface area contributed by atoms with E-state index in [1.54, 1.807) is 26.4 Å². The predicted molar refractivity (Wildman–Crippen MR) is 89.1 cm³/mol. The number of rotatable bonds is 4. The quantitative estimate of drug-likeness (QED) is 0.936. The van der Waals surface area contributed by atoms with Crippen LogP contribution in [0.5, 0.6) is 11.5 Å². The monoisotopic (exact) mass is 317 g/mol. The zero-order valence-electron chi connectivity index (χ0n) is 13.9. The smallest absolute Gasteiger partial charge is 0.258 e. The van der Waals surface area contributed by atoms with E-state index in [4.69, 9.17) is 9.47 Å². The lowest BCUT2D eigenvalue weighted by atomic mass is 9.99. The molecule has 0 aliphatic carbocycles. The Hall–Kier alpha value is -2.08. The number of likely N-dealkylation sites (tertiary alicyclic amines) is 1. The minimum atomic E-state index is -0.142. The van der Waals surface area contributed by atoms with Crippen LogP contribution in [0.1, 0.15) is 25.6 Å². The summed E-state index contributed by atoms with van der Waals surface area (Å²) in [5.74, 6) is 2.59. The molecule has 1 aromatic heterocycles. The van der Waals surface area contributed by atoms with Gasteiger partial charge in [0.25, 0.3) is 5.56 Å². The Morgan fingerprint density at radius 1 is 1.22 bits per heavy atom. The van der Waals surface area contributed by atoms with Gasteiger partial charge < -0.3 is 14.5 Å². The fraction of sp³-hybridized carbons (Fsp3) is 0.529. The minimum absolute atomic E-state index is 0.142. The first kappa shape index (κ1) is 15.8. The number of methoxy groups -OCH3 is 2. The SMILES string of the molecule is COc1cc2nc(CN3CCC(C)CC3)[nH]c(=O)c2cc1OC. The van der Waals surface area contributed by atoms with Gasteiger partial charge in [-0.3, -0.25) is 9.69 Å². The Morgan fingerprint density at radius 2 is 1.87 bits per heavy atom. The summed E-state index contributed by atoms with van der Waals surface area (Å²) in [6.45, 7) is 5.06. The lowest BCUT2D eigenvalue weighted by molar-refractivity contribution is 0.181. The average molecular weight is 317 g/mol. The molecule has 1 N–H and O–H groups in total. The molecule has 2 heterocycles. The highest BCUT2D eigenvalue weighted by atomic mass is 16.5. The van der Waals surface area contributed by atoms with E-state index in [-0.39, 0.29) is 5.56 Å². The number of benzene rings is 1. The van der Waals surface area contributed by atoms with Crippen LogP contribution in [0.4, 0.5) is 0 Å². The third kappa shape index (κ3) is 3.32. The minimum Gasteiger partial charge on any atom is -0.493 e.